The van der Waals surface area contributed by atoms with Gasteiger partial charge in [-0.15, -0.1) is 0 Å². The van der Waals surface area contributed by atoms with E-state index in [0.717, 1.165) is 5.56 Å². The third-order valence-electron chi connectivity index (χ3n) is 3.19. The third-order valence-corrected chi connectivity index (χ3v) is 3.19. The van der Waals surface area contributed by atoms with Gasteiger partial charge >= 0.3 is 0 Å². The summed E-state index contributed by atoms with van der Waals surface area (Å²) in [7, 11) is 3.37. The van der Waals surface area contributed by atoms with Crippen molar-refractivity contribution in [2.75, 3.05) is 26.0 Å². The first kappa shape index (κ1) is 16.5. The first-order chi connectivity index (χ1) is 11.0. The summed E-state index contributed by atoms with van der Waals surface area (Å²) in [6, 6.07) is 14.3. The van der Waals surface area contributed by atoms with Crippen LogP contribution in [0.4, 0.5) is 5.69 Å². The molecule has 0 aliphatic rings. The minimum atomic E-state index is -0.278. The van der Waals surface area contributed by atoms with Gasteiger partial charge in [-0.3, -0.25) is 9.59 Å². The van der Waals surface area contributed by atoms with Crippen LogP contribution in [0.25, 0.3) is 0 Å². The highest BCUT2D eigenvalue weighted by Crippen LogP contribution is 2.13. The van der Waals surface area contributed by atoms with Crippen molar-refractivity contribution in [3.63, 3.8) is 0 Å². The molecule has 0 aliphatic carbocycles. The lowest BCUT2D eigenvalue weighted by Crippen LogP contribution is -2.23. The van der Waals surface area contributed by atoms with Gasteiger partial charge in [0.1, 0.15) is 5.75 Å². The zero-order chi connectivity index (χ0) is 16.8. The smallest absolute Gasteiger partial charge is 0.262 e. The molecule has 0 unspecified atom stereocenters. The highest BCUT2D eigenvalue weighted by Gasteiger charge is 2.09. The van der Waals surface area contributed by atoms with Gasteiger partial charge in [0.2, 0.25) is 0 Å². The van der Waals surface area contributed by atoms with Crippen molar-refractivity contribution in [1.82, 2.24) is 4.90 Å². The SMILES string of the molecule is Cc1ccc(OCC(=O)Nc2cccc(C(=O)N(C)C)c2)cc1. The second kappa shape index (κ2) is 7.45. The molecule has 5 heteroatoms. The van der Waals surface area contributed by atoms with Crippen molar-refractivity contribution in [2.24, 2.45) is 0 Å². The molecule has 0 spiro atoms. The topological polar surface area (TPSA) is 58.6 Å². The maximum Gasteiger partial charge on any atom is 0.262 e. The van der Waals surface area contributed by atoms with E-state index in [1.807, 2.05) is 31.2 Å². The number of nitrogens with zero attached hydrogens (tertiary/aromatic N) is 1. The van der Waals surface area contributed by atoms with E-state index in [-0.39, 0.29) is 18.4 Å². The molecular formula is C18H20N2O3. The van der Waals surface area contributed by atoms with Gasteiger partial charge in [0.25, 0.3) is 11.8 Å². The summed E-state index contributed by atoms with van der Waals surface area (Å²) >= 11 is 0. The fraction of sp³-hybridized carbons (Fsp3) is 0.222. The lowest BCUT2D eigenvalue weighted by atomic mass is 10.2. The summed E-state index contributed by atoms with van der Waals surface area (Å²) < 4.78 is 5.42. The standard InChI is InChI=1S/C18H20N2O3/c1-13-7-9-16(10-8-13)23-12-17(21)19-15-6-4-5-14(11-15)18(22)20(2)3/h4-11H,12H2,1-3H3,(H,19,21). The number of rotatable bonds is 5. The molecule has 0 bridgehead atoms. The monoisotopic (exact) mass is 312 g/mol. The number of carbonyl (C=O) groups is 2. The van der Waals surface area contributed by atoms with Crippen molar-refractivity contribution in [1.29, 1.82) is 0 Å². The largest absolute Gasteiger partial charge is 0.484 e. The number of ether oxygens (including phenoxy) is 1. The number of anilines is 1. The third kappa shape index (κ3) is 4.85. The first-order valence-corrected chi connectivity index (χ1v) is 7.27. The van der Waals surface area contributed by atoms with Gasteiger partial charge in [0.05, 0.1) is 0 Å². The molecule has 5 nitrogen and oxygen atoms in total. The minimum absolute atomic E-state index is 0.0884. The van der Waals surface area contributed by atoms with Crippen molar-refractivity contribution < 1.29 is 14.3 Å². The van der Waals surface area contributed by atoms with Crippen molar-refractivity contribution in [2.45, 2.75) is 6.92 Å². The van der Waals surface area contributed by atoms with Crippen LogP contribution in [0.1, 0.15) is 15.9 Å². The molecule has 23 heavy (non-hydrogen) atoms. The molecule has 120 valence electrons. The van der Waals surface area contributed by atoms with Crippen LogP contribution in [0.5, 0.6) is 5.75 Å². The van der Waals surface area contributed by atoms with E-state index < -0.39 is 0 Å². The number of benzene rings is 2. The van der Waals surface area contributed by atoms with Gasteiger partial charge in [-0.05, 0) is 37.3 Å². The quantitative estimate of drug-likeness (QED) is 0.923. The summed E-state index contributed by atoms with van der Waals surface area (Å²) in [6.07, 6.45) is 0. The molecule has 0 fully saturated rings. The van der Waals surface area contributed by atoms with Crippen LogP contribution in [-0.4, -0.2) is 37.4 Å². The molecule has 2 aromatic carbocycles. The van der Waals surface area contributed by atoms with E-state index in [9.17, 15) is 9.59 Å². The van der Waals surface area contributed by atoms with Crippen LogP contribution >= 0.6 is 0 Å². The molecule has 1 N–H and O–H groups in total. The summed E-state index contributed by atoms with van der Waals surface area (Å²) in [5.41, 5.74) is 2.21. The van der Waals surface area contributed by atoms with Gasteiger partial charge in [-0.2, -0.15) is 0 Å². The number of hydrogen-bond donors (Lipinski definition) is 1. The van der Waals surface area contributed by atoms with E-state index in [0.29, 0.717) is 17.0 Å². The lowest BCUT2D eigenvalue weighted by molar-refractivity contribution is -0.118. The number of aryl methyl sites for hydroxylation is 1. The minimum Gasteiger partial charge on any atom is -0.484 e. The van der Waals surface area contributed by atoms with Gasteiger partial charge in [-0.25, -0.2) is 0 Å². The van der Waals surface area contributed by atoms with Gasteiger partial charge in [0, 0.05) is 25.3 Å². The predicted molar refractivity (Wildman–Crippen MR) is 89.8 cm³/mol. The molecule has 2 amide bonds. The maximum atomic E-state index is 11.9. The molecule has 0 heterocycles. The Hall–Kier alpha value is -2.82. The number of amides is 2. The van der Waals surface area contributed by atoms with Crippen molar-refractivity contribution >= 4 is 17.5 Å². The van der Waals surface area contributed by atoms with E-state index in [4.69, 9.17) is 4.74 Å². The number of nitrogens with one attached hydrogen (secondary N) is 1. The maximum absolute atomic E-state index is 11.9. The first-order valence-electron chi connectivity index (χ1n) is 7.27. The highest BCUT2D eigenvalue weighted by atomic mass is 16.5. The second-order valence-electron chi connectivity index (χ2n) is 5.43. The normalized spacial score (nSPS) is 10.0. The predicted octanol–water partition coefficient (Wildman–Crippen LogP) is 2.71. The van der Waals surface area contributed by atoms with Crippen LogP contribution in [0, 0.1) is 6.92 Å². The Balaban J connectivity index is 1.93. The summed E-state index contributed by atoms with van der Waals surface area (Å²) in [4.78, 5) is 25.3. The second-order valence-corrected chi connectivity index (χ2v) is 5.43. The molecule has 0 aromatic heterocycles. The number of hydrogen-bond acceptors (Lipinski definition) is 3. The van der Waals surface area contributed by atoms with E-state index in [1.54, 1.807) is 38.4 Å². The van der Waals surface area contributed by atoms with E-state index in [1.165, 1.54) is 4.90 Å². The van der Waals surface area contributed by atoms with Gasteiger partial charge in [0.15, 0.2) is 6.61 Å². The molecule has 0 atom stereocenters. The Morgan fingerprint density at radius 3 is 2.43 bits per heavy atom. The molecule has 0 saturated carbocycles. The molecule has 0 saturated heterocycles. The van der Waals surface area contributed by atoms with E-state index in [2.05, 4.69) is 5.32 Å². The zero-order valence-corrected chi connectivity index (χ0v) is 13.5. The fourth-order valence-electron chi connectivity index (χ4n) is 1.97. The molecule has 0 radical (unpaired) electrons. The fourth-order valence-corrected chi connectivity index (χ4v) is 1.97. The van der Waals surface area contributed by atoms with Gasteiger partial charge < -0.3 is 15.0 Å². The van der Waals surface area contributed by atoms with Gasteiger partial charge in [-0.1, -0.05) is 23.8 Å². The van der Waals surface area contributed by atoms with E-state index >= 15 is 0 Å². The highest BCUT2D eigenvalue weighted by molar-refractivity contribution is 5.97. The Morgan fingerprint density at radius 1 is 1.09 bits per heavy atom. The molecule has 2 aromatic rings. The van der Waals surface area contributed by atoms with Crippen LogP contribution in [0.2, 0.25) is 0 Å². The molecule has 2 rings (SSSR count). The molecular weight excluding hydrogens is 292 g/mol. The Morgan fingerprint density at radius 2 is 1.78 bits per heavy atom. The van der Waals surface area contributed by atoms with Crippen molar-refractivity contribution in [3.8, 4) is 5.75 Å². The average molecular weight is 312 g/mol. The lowest BCUT2D eigenvalue weighted by Gasteiger charge is -2.12. The summed E-state index contributed by atoms with van der Waals surface area (Å²) in [5.74, 6) is 0.249. The van der Waals surface area contributed by atoms with Crippen LogP contribution < -0.4 is 10.1 Å². The molecule has 0 aliphatic heterocycles. The zero-order valence-electron chi connectivity index (χ0n) is 13.5. The summed E-state index contributed by atoms with van der Waals surface area (Å²) in [6.45, 7) is 1.90. The Kier molecular flexibility index (Phi) is 5.36. The Bertz CT molecular complexity index is 694. The van der Waals surface area contributed by atoms with Crippen LogP contribution in [0.3, 0.4) is 0 Å². The Labute approximate surface area is 135 Å². The van der Waals surface area contributed by atoms with Crippen molar-refractivity contribution in [3.05, 3.63) is 59.7 Å². The number of carbonyl (C=O) groups excluding carboxylic acids is 2. The van der Waals surface area contributed by atoms with Crippen LogP contribution in [0.15, 0.2) is 48.5 Å². The summed E-state index contributed by atoms with van der Waals surface area (Å²) in [5, 5.41) is 2.72. The van der Waals surface area contributed by atoms with Crippen LogP contribution in [-0.2, 0) is 4.79 Å². The average Bonchev–Trinajstić information content (AvgIpc) is 2.53.